The zero-order chi connectivity index (χ0) is 20.3. The number of carboxylic acids is 2. The Morgan fingerprint density at radius 3 is 2.50 bits per heavy atom. The monoisotopic (exact) mass is 386 g/mol. The maximum atomic E-state index is 12.0. The summed E-state index contributed by atoms with van der Waals surface area (Å²) >= 11 is 0. The van der Waals surface area contributed by atoms with E-state index in [0.717, 1.165) is 30.6 Å². The van der Waals surface area contributed by atoms with Crippen LogP contribution in [0.2, 0.25) is 0 Å². The fourth-order valence-electron chi connectivity index (χ4n) is 3.35. The molecule has 148 valence electrons. The number of piperazine rings is 1. The molecule has 0 radical (unpaired) electrons. The quantitative estimate of drug-likeness (QED) is 0.548. The van der Waals surface area contributed by atoms with E-state index in [0.29, 0.717) is 29.9 Å². The van der Waals surface area contributed by atoms with Crippen LogP contribution in [-0.2, 0) is 14.4 Å². The number of rotatable bonds is 6. The van der Waals surface area contributed by atoms with E-state index in [-0.39, 0.29) is 0 Å². The average Bonchev–Trinajstić information content (AvgIpc) is 3.04. The molecular formula is C19H22N4O5. The number of H-pyrrole nitrogens is 1. The molecule has 0 saturated carbocycles. The van der Waals surface area contributed by atoms with Crippen molar-refractivity contribution < 1.29 is 24.6 Å². The highest BCUT2D eigenvalue weighted by Crippen LogP contribution is 2.31. The normalized spacial score (nSPS) is 17.0. The largest absolute Gasteiger partial charge is 0.480 e. The summed E-state index contributed by atoms with van der Waals surface area (Å²) in [7, 11) is 2.01. The Kier molecular flexibility index (Phi) is 5.76. The van der Waals surface area contributed by atoms with Gasteiger partial charge in [-0.2, -0.15) is 0 Å². The first-order valence-corrected chi connectivity index (χ1v) is 8.83. The van der Waals surface area contributed by atoms with Gasteiger partial charge in [-0.1, -0.05) is 6.07 Å². The van der Waals surface area contributed by atoms with Crippen LogP contribution < -0.4 is 5.32 Å². The molecular weight excluding hydrogens is 364 g/mol. The van der Waals surface area contributed by atoms with Crippen molar-refractivity contribution in [3.8, 4) is 0 Å². The minimum atomic E-state index is -1.21. The van der Waals surface area contributed by atoms with Crippen molar-refractivity contribution in [1.82, 2.24) is 14.8 Å². The van der Waals surface area contributed by atoms with Crippen LogP contribution in [0.25, 0.3) is 10.9 Å². The molecule has 1 aromatic heterocycles. The summed E-state index contributed by atoms with van der Waals surface area (Å²) < 4.78 is 0. The molecule has 9 heteroatoms. The number of nitrogens with one attached hydrogen (secondary N) is 2. The van der Waals surface area contributed by atoms with Gasteiger partial charge in [-0.05, 0) is 19.2 Å². The highest BCUT2D eigenvalue weighted by Gasteiger charge is 2.31. The molecule has 1 saturated heterocycles. The minimum absolute atomic E-state index is 0.479. The number of likely N-dealkylation sites (N-methyl/N-ethyl adjacent to an activating group) is 1. The Morgan fingerprint density at radius 2 is 1.86 bits per heavy atom. The molecule has 1 amide bonds. The number of aromatic nitrogens is 1. The molecule has 1 atom stereocenters. The van der Waals surface area contributed by atoms with Gasteiger partial charge in [0.1, 0.15) is 6.04 Å². The lowest BCUT2D eigenvalue weighted by Crippen LogP contribution is -2.47. The van der Waals surface area contributed by atoms with Gasteiger partial charge in [-0.25, -0.2) is 4.79 Å². The molecule has 9 nitrogen and oxygen atoms in total. The molecule has 0 bridgehead atoms. The van der Waals surface area contributed by atoms with Crippen LogP contribution in [0.5, 0.6) is 0 Å². The fourth-order valence-corrected chi connectivity index (χ4v) is 3.35. The van der Waals surface area contributed by atoms with Crippen molar-refractivity contribution in [1.29, 1.82) is 0 Å². The number of nitrogens with zero attached hydrogens (tertiary/aromatic N) is 2. The molecule has 1 unspecified atom stereocenters. The number of aliphatic carboxylic acids is 2. The molecule has 1 aliphatic rings. The van der Waals surface area contributed by atoms with E-state index in [1.807, 2.05) is 11.9 Å². The predicted molar refractivity (Wildman–Crippen MR) is 103 cm³/mol. The molecule has 3 rings (SSSR count). The van der Waals surface area contributed by atoms with E-state index >= 15 is 0 Å². The highest BCUT2D eigenvalue weighted by atomic mass is 16.4. The van der Waals surface area contributed by atoms with Crippen LogP contribution in [0.15, 0.2) is 36.5 Å². The lowest BCUT2D eigenvalue weighted by molar-refractivity contribution is -0.144. The second kappa shape index (κ2) is 8.24. The SMILES string of the molecule is CN1CCN(C(C(=O)O)c2c[nH]c3cc(NC(=O)C=CC(=O)O)ccc23)CC1. The first-order chi connectivity index (χ1) is 13.3. The number of benzene rings is 1. The number of carbonyl (C=O) groups is 3. The van der Waals surface area contributed by atoms with Crippen LogP contribution in [0.3, 0.4) is 0 Å². The summed E-state index contributed by atoms with van der Waals surface area (Å²) in [4.78, 5) is 41.4. The maximum absolute atomic E-state index is 12.0. The summed E-state index contributed by atoms with van der Waals surface area (Å²) in [6, 6.07) is 4.36. The second-order valence-corrected chi connectivity index (χ2v) is 6.75. The molecule has 2 aromatic rings. The number of hydrogen-bond acceptors (Lipinski definition) is 5. The number of aromatic amines is 1. The topological polar surface area (TPSA) is 126 Å². The van der Waals surface area contributed by atoms with Crippen LogP contribution in [0.1, 0.15) is 11.6 Å². The van der Waals surface area contributed by atoms with Gasteiger partial charge in [0.2, 0.25) is 5.91 Å². The van der Waals surface area contributed by atoms with Gasteiger partial charge in [-0.3, -0.25) is 14.5 Å². The molecule has 4 N–H and O–H groups in total. The van der Waals surface area contributed by atoms with E-state index in [4.69, 9.17) is 5.11 Å². The zero-order valence-corrected chi connectivity index (χ0v) is 15.4. The van der Waals surface area contributed by atoms with Crippen molar-refractivity contribution >= 4 is 34.4 Å². The third kappa shape index (κ3) is 4.38. The van der Waals surface area contributed by atoms with Gasteiger partial charge in [0, 0.05) is 66.7 Å². The molecule has 1 aliphatic heterocycles. The number of anilines is 1. The third-order valence-electron chi connectivity index (χ3n) is 4.79. The second-order valence-electron chi connectivity index (χ2n) is 6.75. The first kappa shape index (κ1) is 19.6. The van der Waals surface area contributed by atoms with Crippen LogP contribution in [-0.4, -0.2) is 76.1 Å². The maximum Gasteiger partial charge on any atom is 0.328 e. The van der Waals surface area contributed by atoms with Crippen LogP contribution in [0.4, 0.5) is 5.69 Å². The van der Waals surface area contributed by atoms with Crippen molar-refractivity contribution in [3.05, 3.63) is 42.1 Å². The van der Waals surface area contributed by atoms with Gasteiger partial charge in [0.25, 0.3) is 0 Å². The van der Waals surface area contributed by atoms with Crippen LogP contribution in [0, 0.1) is 0 Å². The van der Waals surface area contributed by atoms with Crippen molar-refractivity contribution in [3.63, 3.8) is 0 Å². The summed E-state index contributed by atoms with van der Waals surface area (Å²) in [5.41, 5.74) is 1.85. The Labute approximate surface area is 161 Å². The van der Waals surface area contributed by atoms with E-state index in [1.165, 1.54) is 0 Å². The zero-order valence-electron chi connectivity index (χ0n) is 15.4. The fraction of sp³-hybridized carbons (Fsp3) is 0.316. The van der Waals surface area contributed by atoms with Gasteiger partial charge in [0.05, 0.1) is 0 Å². The standard InChI is InChI=1S/C19H22N4O5/c1-22-6-8-23(9-7-22)18(19(27)28)14-11-20-15-10-12(2-3-13(14)15)21-16(24)4-5-17(25)26/h2-5,10-11,18,20H,6-9H2,1H3,(H,21,24)(H,25,26)(H,27,28). The number of fused-ring (bicyclic) bond motifs is 1. The molecule has 0 aliphatic carbocycles. The molecule has 1 aromatic carbocycles. The number of carboxylic acid groups (broad SMARTS) is 2. The predicted octanol–water partition coefficient (Wildman–Crippen LogP) is 1.12. The number of hydrogen-bond donors (Lipinski definition) is 4. The van der Waals surface area contributed by atoms with Crippen molar-refractivity contribution in [2.45, 2.75) is 6.04 Å². The van der Waals surface area contributed by atoms with Gasteiger partial charge in [-0.15, -0.1) is 0 Å². The van der Waals surface area contributed by atoms with E-state index in [9.17, 15) is 19.5 Å². The molecule has 2 heterocycles. The molecule has 0 spiro atoms. The Bertz CT molecular complexity index is 928. The summed E-state index contributed by atoms with van der Waals surface area (Å²) in [5, 5.41) is 21.7. The third-order valence-corrected chi connectivity index (χ3v) is 4.79. The van der Waals surface area contributed by atoms with Crippen molar-refractivity contribution in [2.75, 3.05) is 38.5 Å². The molecule has 28 heavy (non-hydrogen) atoms. The Balaban J connectivity index is 1.83. The van der Waals surface area contributed by atoms with E-state index < -0.39 is 23.9 Å². The number of amides is 1. The lowest BCUT2D eigenvalue weighted by Gasteiger charge is -2.36. The minimum Gasteiger partial charge on any atom is -0.480 e. The average molecular weight is 386 g/mol. The number of carbonyl (C=O) groups excluding carboxylic acids is 1. The van der Waals surface area contributed by atoms with Gasteiger partial charge >= 0.3 is 11.9 Å². The molecule has 1 fully saturated rings. The summed E-state index contributed by atoms with van der Waals surface area (Å²) in [5.74, 6) is -2.67. The Morgan fingerprint density at radius 1 is 1.14 bits per heavy atom. The summed E-state index contributed by atoms with van der Waals surface area (Å²) in [6.07, 6.45) is 3.38. The van der Waals surface area contributed by atoms with Gasteiger partial charge < -0.3 is 25.4 Å². The Hall–Kier alpha value is -3.17. The lowest BCUT2D eigenvalue weighted by atomic mass is 10.0. The van der Waals surface area contributed by atoms with Gasteiger partial charge in [0.15, 0.2) is 0 Å². The smallest absolute Gasteiger partial charge is 0.328 e. The highest BCUT2D eigenvalue weighted by molar-refractivity contribution is 6.03. The first-order valence-electron chi connectivity index (χ1n) is 8.83. The van der Waals surface area contributed by atoms with E-state index in [1.54, 1.807) is 24.4 Å². The van der Waals surface area contributed by atoms with Crippen molar-refractivity contribution in [2.24, 2.45) is 0 Å². The van der Waals surface area contributed by atoms with Crippen LogP contribution >= 0.6 is 0 Å². The summed E-state index contributed by atoms with van der Waals surface area (Å²) in [6.45, 7) is 2.97. The van der Waals surface area contributed by atoms with E-state index in [2.05, 4.69) is 15.2 Å².